The van der Waals surface area contributed by atoms with Crippen molar-refractivity contribution in [2.75, 3.05) is 0 Å². The second kappa shape index (κ2) is 17.2. The number of aromatic hydroxyl groups is 2. The summed E-state index contributed by atoms with van der Waals surface area (Å²) in [5.41, 5.74) is 5.51. The molecular weight excluding hydrogens is 594 g/mol. The second-order valence-corrected chi connectivity index (χ2v) is 10.8. The fourth-order valence-electron chi connectivity index (χ4n) is 3.71. The molecule has 0 spiro atoms. The van der Waals surface area contributed by atoms with Crippen molar-refractivity contribution in [1.82, 2.24) is 0 Å². The molecule has 41 heavy (non-hydrogen) atoms. The average Bonchev–Trinajstić information content (AvgIpc) is 3.59. The topological polar surface area (TPSA) is 40.5 Å². The summed E-state index contributed by atoms with van der Waals surface area (Å²) >= 11 is 1.51. The molecule has 2 N–H and O–H groups in total. The molecule has 6 aromatic carbocycles. The first kappa shape index (κ1) is 33.5. The van der Waals surface area contributed by atoms with Crippen LogP contribution >= 0.6 is 0 Å². The van der Waals surface area contributed by atoms with E-state index in [-0.39, 0.29) is 11.5 Å². The minimum atomic E-state index is -0.576. The van der Waals surface area contributed by atoms with Crippen LogP contribution in [0.5, 0.6) is 11.5 Å². The van der Waals surface area contributed by atoms with Crippen molar-refractivity contribution in [2.45, 2.75) is 34.6 Å². The molecule has 0 aliphatic heterocycles. The molecule has 0 saturated carbocycles. The summed E-state index contributed by atoms with van der Waals surface area (Å²) in [6.07, 6.45) is 0. The molecule has 6 aromatic rings. The van der Waals surface area contributed by atoms with Gasteiger partial charge in [0.25, 0.3) is 0 Å². The van der Waals surface area contributed by atoms with Crippen LogP contribution in [-0.4, -0.2) is 13.9 Å². The molecule has 0 fully saturated rings. The number of para-hydroxylation sites is 2. The molecular formula is C36H36F2O2Zr. The Balaban J connectivity index is 0.000000187. The summed E-state index contributed by atoms with van der Waals surface area (Å²) in [5.74, 6) is -1.75. The van der Waals surface area contributed by atoms with E-state index in [4.69, 9.17) is 10.2 Å². The summed E-state index contributed by atoms with van der Waals surface area (Å²) in [4.78, 5) is 0. The Morgan fingerprint density at radius 2 is 0.902 bits per heavy atom. The summed E-state index contributed by atoms with van der Waals surface area (Å²) in [5, 5.41) is 22.5. The molecule has 6 rings (SSSR count). The van der Waals surface area contributed by atoms with E-state index in [1.165, 1.54) is 104 Å². The Bertz CT molecular complexity index is 1430. The zero-order valence-electron chi connectivity index (χ0n) is 24.1. The van der Waals surface area contributed by atoms with Crippen LogP contribution in [0.25, 0.3) is 21.5 Å². The maximum atomic E-state index is 12.1. The number of phenols is 2. The largest absolute Gasteiger partial charge is 0.505 e. The maximum absolute atomic E-state index is 12.1. The normalized spacial score (nSPS) is 9.68. The number of aryl methyl sites for hydroxylation is 4. The van der Waals surface area contributed by atoms with Gasteiger partial charge in [-0.05, 0) is 52.0 Å². The first-order valence-corrected chi connectivity index (χ1v) is 14.6. The van der Waals surface area contributed by atoms with Crippen molar-refractivity contribution in [2.24, 2.45) is 0 Å². The van der Waals surface area contributed by atoms with Crippen LogP contribution in [0.4, 0.5) is 8.78 Å². The molecule has 0 radical (unpaired) electrons. The number of hydrogen-bond donors (Lipinski definition) is 2. The Kier molecular flexibility index (Phi) is 14.1. The summed E-state index contributed by atoms with van der Waals surface area (Å²) < 4.78 is 26.2. The van der Waals surface area contributed by atoms with Crippen molar-refractivity contribution in [3.8, 4) is 11.5 Å². The van der Waals surface area contributed by atoms with E-state index >= 15 is 0 Å². The molecule has 0 aliphatic rings. The van der Waals surface area contributed by atoms with Gasteiger partial charge in [-0.1, -0.05) is 46.5 Å². The van der Waals surface area contributed by atoms with Gasteiger partial charge in [0.15, 0.2) is 23.1 Å². The number of rotatable bonds is 0. The first-order valence-electron chi connectivity index (χ1n) is 13.1. The number of phenolic OH excluding ortho intramolecular Hbond substituents is 2. The molecule has 0 aliphatic carbocycles. The van der Waals surface area contributed by atoms with E-state index in [2.05, 4.69) is 92.1 Å². The van der Waals surface area contributed by atoms with Gasteiger partial charge in [0.1, 0.15) is 0 Å². The molecule has 0 unspecified atom stereocenters. The van der Waals surface area contributed by atoms with E-state index in [1.807, 2.05) is 6.92 Å². The molecule has 0 saturated heterocycles. The predicted octanol–water partition coefficient (Wildman–Crippen LogP) is 9.77. The molecule has 0 heterocycles. The van der Waals surface area contributed by atoms with E-state index in [1.54, 1.807) is 12.1 Å². The summed E-state index contributed by atoms with van der Waals surface area (Å²) in [6, 6.07) is 33.0. The molecule has 0 bridgehead atoms. The van der Waals surface area contributed by atoms with E-state index in [0.717, 1.165) is 0 Å². The monoisotopic (exact) mass is 628 g/mol. The quantitative estimate of drug-likeness (QED) is 0.164. The third-order valence-electron chi connectivity index (χ3n) is 6.21. The second-order valence-electron chi connectivity index (χ2n) is 9.37. The Labute approximate surface area is 256 Å². The fraction of sp³-hybridized carbons (Fsp3) is 0.139. The van der Waals surface area contributed by atoms with Crippen LogP contribution < -0.4 is 0 Å². The zero-order chi connectivity index (χ0) is 30.4. The van der Waals surface area contributed by atoms with Gasteiger partial charge in [-0.3, -0.25) is 0 Å². The van der Waals surface area contributed by atoms with Gasteiger partial charge in [-0.25, -0.2) is 8.78 Å². The van der Waals surface area contributed by atoms with Gasteiger partial charge in [-0.15, -0.1) is 57.9 Å². The van der Waals surface area contributed by atoms with Gasteiger partial charge in [0.05, 0.1) is 0 Å². The van der Waals surface area contributed by atoms with E-state index in [0.29, 0.717) is 0 Å². The molecule has 0 amide bonds. The molecule has 0 aromatic heterocycles. The average molecular weight is 630 g/mol. The Morgan fingerprint density at radius 1 is 0.585 bits per heavy atom. The van der Waals surface area contributed by atoms with E-state index < -0.39 is 11.6 Å². The van der Waals surface area contributed by atoms with Gasteiger partial charge in [0, 0.05) is 0 Å². The predicted molar refractivity (Wildman–Crippen MR) is 166 cm³/mol. The van der Waals surface area contributed by atoms with Crippen molar-refractivity contribution in [3.63, 3.8) is 0 Å². The smallest absolute Gasteiger partial charge is 0.164 e. The van der Waals surface area contributed by atoms with Crippen LogP contribution in [0.3, 0.4) is 0 Å². The van der Waals surface area contributed by atoms with Crippen LogP contribution in [0.1, 0.15) is 29.2 Å². The summed E-state index contributed by atoms with van der Waals surface area (Å²) in [6.45, 7) is 10.7. The third-order valence-corrected chi connectivity index (χ3v) is 6.21. The van der Waals surface area contributed by atoms with Crippen molar-refractivity contribution < 1.29 is 43.2 Å². The standard InChI is InChI=1S/2C11H11.2C6H5FO.C2H4.Zr/c2*1-8-6-10-4-3-5-11(10)7-9(8)2;2*7-5-3-1-2-4-6(5)8;1-2;/h2*3-7H,1-2H3;2*1-4,8H;1H,2H3;/q2*-1;;;;+2. The molecule has 0 atom stereocenters. The minimum absolute atomic E-state index is 0.299. The van der Waals surface area contributed by atoms with Gasteiger partial charge < -0.3 is 10.2 Å². The molecule has 210 valence electrons. The van der Waals surface area contributed by atoms with Crippen LogP contribution in [0, 0.1) is 39.3 Å². The van der Waals surface area contributed by atoms with Gasteiger partial charge >= 0.3 is 34.9 Å². The minimum Gasteiger partial charge on any atom is -0.505 e. The van der Waals surface area contributed by atoms with Crippen LogP contribution in [0.2, 0.25) is 0 Å². The Hall–Kier alpha value is -3.69. The zero-order valence-corrected chi connectivity index (χ0v) is 26.6. The Morgan fingerprint density at radius 3 is 1.20 bits per heavy atom. The first-order chi connectivity index (χ1) is 19.6. The van der Waals surface area contributed by atoms with Gasteiger partial charge in [0.2, 0.25) is 0 Å². The molecule has 5 heteroatoms. The SMILES string of the molecule is C[CH]=[Zr+2].Cc1cc2cc[cH-]c2cc1C.Cc1cc2cc[cH-]c2cc1C.Oc1ccccc1F.Oc1ccccc1F. The number of benzene rings is 4. The van der Waals surface area contributed by atoms with Crippen molar-refractivity contribution in [1.29, 1.82) is 0 Å². The van der Waals surface area contributed by atoms with Crippen molar-refractivity contribution in [3.05, 3.63) is 143 Å². The van der Waals surface area contributed by atoms with Crippen LogP contribution in [0.15, 0.2) is 109 Å². The molecule has 2 nitrogen and oxygen atoms in total. The van der Waals surface area contributed by atoms with Gasteiger partial charge in [-0.2, -0.15) is 24.3 Å². The number of halogens is 2. The summed E-state index contributed by atoms with van der Waals surface area (Å²) in [7, 11) is 0. The number of fused-ring (bicyclic) bond motifs is 2. The third kappa shape index (κ3) is 11.0. The van der Waals surface area contributed by atoms with E-state index in [9.17, 15) is 8.78 Å². The fourth-order valence-corrected chi connectivity index (χ4v) is 3.71. The maximum Gasteiger partial charge on any atom is 0.164 e. The van der Waals surface area contributed by atoms with Crippen LogP contribution in [-0.2, 0) is 24.2 Å². The van der Waals surface area contributed by atoms with Crippen molar-refractivity contribution >= 4 is 25.3 Å². The number of hydrogen-bond acceptors (Lipinski definition) is 2.